The lowest BCUT2D eigenvalue weighted by molar-refractivity contribution is 0.0733. The minimum Gasteiger partial charge on any atom is -0.333 e. The Labute approximate surface area is 118 Å². The average molecular weight is 269 g/mol. The first kappa shape index (κ1) is 13.1. The number of aromatic nitrogens is 1. The first-order chi connectivity index (χ1) is 9.81. The number of benzene rings is 1. The van der Waals surface area contributed by atoms with Gasteiger partial charge in [0.05, 0.1) is 0 Å². The van der Waals surface area contributed by atoms with E-state index in [4.69, 9.17) is 0 Å². The van der Waals surface area contributed by atoms with Crippen LogP contribution in [-0.4, -0.2) is 42.0 Å². The Balaban J connectivity index is 1.96. The van der Waals surface area contributed by atoms with E-state index < -0.39 is 0 Å². The van der Waals surface area contributed by atoms with Gasteiger partial charge in [-0.05, 0) is 31.3 Å². The van der Waals surface area contributed by atoms with E-state index >= 15 is 0 Å². The Kier molecular flexibility index (Phi) is 3.65. The Hall–Kier alpha value is -1.94. The van der Waals surface area contributed by atoms with Crippen LogP contribution in [0, 0.1) is 0 Å². The molecule has 1 amide bonds. The fourth-order valence-electron chi connectivity index (χ4n) is 2.98. The normalized spacial score (nSPS) is 18.6. The van der Waals surface area contributed by atoms with Gasteiger partial charge in [-0.3, -0.25) is 9.78 Å². The SMILES string of the molecule is CNCC1CCCN1C(=O)c1nccc2ccccc12. The quantitative estimate of drug-likeness (QED) is 0.927. The van der Waals surface area contributed by atoms with Gasteiger partial charge < -0.3 is 10.2 Å². The van der Waals surface area contributed by atoms with Crippen molar-refractivity contribution in [2.45, 2.75) is 18.9 Å². The van der Waals surface area contributed by atoms with Crippen molar-refractivity contribution in [2.24, 2.45) is 0 Å². The number of rotatable bonds is 3. The highest BCUT2D eigenvalue weighted by Crippen LogP contribution is 2.23. The topological polar surface area (TPSA) is 45.2 Å². The second-order valence-corrected chi connectivity index (χ2v) is 5.23. The molecular weight excluding hydrogens is 250 g/mol. The molecule has 1 aliphatic heterocycles. The maximum Gasteiger partial charge on any atom is 0.273 e. The van der Waals surface area contributed by atoms with Crippen LogP contribution in [0.5, 0.6) is 0 Å². The summed E-state index contributed by atoms with van der Waals surface area (Å²) in [5.74, 6) is 0.0551. The number of hydrogen-bond acceptors (Lipinski definition) is 3. The van der Waals surface area contributed by atoms with Gasteiger partial charge in [-0.1, -0.05) is 24.3 Å². The van der Waals surface area contributed by atoms with Gasteiger partial charge in [-0.2, -0.15) is 0 Å². The monoisotopic (exact) mass is 269 g/mol. The summed E-state index contributed by atoms with van der Waals surface area (Å²) in [6.07, 6.45) is 3.86. The predicted molar refractivity (Wildman–Crippen MR) is 79.7 cm³/mol. The third-order valence-electron chi connectivity index (χ3n) is 3.95. The zero-order chi connectivity index (χ0) is 13.9. The summed E-state index contributed by atoms with van der Waals surface area (Å²) in [6.45, 7) is 1.67. The van der Waals surface area contributed by atoms with Crippen LogP contribution >= 0.6 is 0 Å². The molecule has 0 bridgehead atoms. The summed E-state index contributed by atoms with van der Waals surface area (Å²) in [4.78, 5) is 19.1. The van der Waals surface area contributed by atoms with Crippen LogP contribution in [0.25, 0.3) is 10.8 Å². The lowest BCUT2D eigenvalue weighted by Crippen LogP contribution is -2.41. The second-order valence-electron chi connectivity index (χ2n) is 5.23. The van der Waals surface area contributed by atoms with Gasteiger partial charge in [0.15, 0.2) is 0 Å². The number of pyridine rings is 1. The number of carbonyl (C=O) groups excluding carboxylic acids is 1. The van der Waals surface area contributed by atoms with Gasteiger partial charge in [0.1, 0.15) is 5.69 Å². The van der Waals surface area contributed by atoms with Crippen molar-refractivity contribution < 1.29 is 4.79 Å². The van der Waals surface area contributed by atoms with E-state index in [2.05, 4.69) is 10.3 Å². The van der Waals surface area contributed by atoms with Crippen molar-refractivity contribution >= 4 is 16.7 Å². The number of likely N-dealkylation sites (tertiary alicyclic amines) is 1. The molecule has 0 aliphatic carbocycles. The highest BCUT2D eigenvalue weighted by Gasteiger charge is 2.30. The van der Waals surface area contributed by atoms with Gasteiger partial charge in [0.25, 0.3) is 5.91 Å². The van der Waals surface area contributed by atoms with Crippen LogP contribution in [0.4, 0.5) is 0 Å². The van der Waals surface area contributed by atoms with Crippen LogP contribution in [0.1, 0.15) is 23.3 Å². The number of likely N-dealkylation sites (N-methyl/N-ethyl adjacent to an activating group) is 1. The Morgan fingerprint density at radius 3 is 3.10 bits per heavy atom. The molecule has 0 radical (unpaired) electrons. The van der Waals surface area contributed by atoms with Gasteiger partial charge >= 0.3 is 0 Å². The van der Waals surface area contributed by atoms with Crippen molar-refractivity contribution in [1.82, 2.24) is 15.2 Å². The fraction of sp³-hybridized carbons (Fsp3) is 0.375. The number of nitrogens with one attached hydrogen (secondary N) is 1. The summed E-state index contributed by atoms with van der Waals surface area (Å²) in [7, 11) is 1.93. The van der Waals surface area contributed by atoms with Gasteiger partial charge in [-0.15, -0.1) is 0 Å². The molecule has 3 rings (SSSR count). The Morgan fingerprint density at radius 2 is 2.25 bits per heavy atom. The molecule has 1 fully saturated rings. The fourth-order valence-corrected chi connectivity index (χ4v) is 2.98. The molecule has 20 heavy (non-hydrogen) atoms. The van der Waals surface area contributed by atoms with Crippen LogP contribution in [-0.2, 0) is 0 Å². The Bertz CT molecular complexity index is 621. The molecular formula is C16H19N3O. The summed E-state index contributed by atoms with van der Waals surface area (Å²) >= 11 is 0. The van der Waals surface area contributed by atoms with E-state index in [1.165, 1.54) is 0 Å². The first-order valence-corrected chi connectivity index (χ1v) is 7.10. The highest BCUT2D eigenvalue weighted by molar-refractivity contribution is 6.05. The van der Waals surface area contributed by atoms with E-state index in [0.29, 0.717) is 5.69 Å². The molecule has 2 aromatic rings. The number of hydrogen-bond donors (Lipinski definition) is 1. The van der Waals surface area contributed by atoms with E-state index in [1.807, 2.05) is 42.3 Å². The molecule has 4 heteroatoms. The molecule has 2 heterocycles. The molecule has 0 spiro atoms. The lowest BCUT2D eigenvalue weighted by Gasteiger charge is -2.24. The van der Waals surface area contributed by atoms with E-state index in [0.717, 1.165) is 36.7 Å². The second kappa shape index (κ2) is 5.59. The first-order valence-electron chi connectivity index (χ1n) is 7.10. The van der Waals surface area contributed by atoms with Crippen molar-refractivity contribution in [3.63, 3.8) is 0 Å². The zero-order valence-corrected chi connectivity index (χ0v) is 11.7. The van der Waals surface area contributed by atoms with E-state index in [-0.39, 0.29) is 11.9 Å². The summed E-state index contributed by atoms with van der Waals surface area (Å²) in [5.41, 5.74) is 0.575. The number of nitrogens with zero attached hydrogens (tertiary/aromatic N) is 2. The Morgan fingerprint density at radius 1 is 1.40 bits per heavy atom. The third kappa shape index (κ3) is 2.27. The lowest BCUT2D eigenvalue weighted by atomic mass is 10.1. The molecule has 1 aromatic heterocycles. The largest absolute Gasteiger partial charge is 0.333 e. The van der Waals surface area contributed by atoms with Crippen molar-refractivity contribution in [3.05, 3.63) is 42.2 Å². The third-order valence-corrected chi connectivity index (χ3v) is 3.95. The standard InChI is InChI=1S/C16H19N3O/c1-17-11-13-6-4-10-19(13)16(20)15-14-7-3-2-5-12(14)8-9-18-15/h2-3,5,7-9,13,17H,4,6,10-11H2,1H3. The van der Waals surface area contributed by atoms with Crippen LogP contribution in [0.15, 0.2) is 36.5 Å². The number of carbonyl (C=O) groups is 1. The maximum absolute atomic E-state index is 12.8. The van der Waals surface area contributed by atoms with E-state index in [1.54, 1.807) is 6.20 Å². The number of amides is 1. The zero-order valence-electron chi connectivity index (χ0n) is 11.7. The molecule has 104 valence electrons. The molecule has 1 aromatic carbocycles. The van der Waals surface area contributed by atoms with Gasteiger partial charge in [0.2, 0.25) is 0 Å². The molecule has 1 saturated heterocycles. The molecule has 1 unspecified atom stereocenters. The highest BCUT2D eigenvalue weighted by atomic mass is 16.2. The van der Waals surface area contributed by atoms with Crippen molar-refractivity contribution in [1.29, 1.82) is 0 Å². The summed E-state index contributed by atoms with van der Waals surface area (Å²) < 4.78 is 0. The average Bonchev–Trinajstić information content (AvgIpc) is 2.94. The minimum atomic E-state index is 0.0551. The van der Waals surface area contributed by atoms with Gasteiger partial charge in [-0.25, -0.2) is 0 Å². The minimum absolute atomic E-state index is 0.0551. The number of fused-ring (bicyclic) bond motifs is 1. The molecule has 1 atom stereocenters. The van der Waals surface area contributed by atoms with Gasteiger partial charge in [0, 0.05) is 30.7 Å². The van der Waals surface area contributed by atoms with Crippen molar-refractivity contribution in [3.8, 4) is 0 Å². The summed E-state index contributed by atoms with van der Waals surface area (Å²) in [6, 6.07) is 10.2. The van der Waals surface area contributed by atoms with Crippen LogP contribution in [0.3, 0.4) is 0 Å². The predicted octanol–water partition coefficient (Wildman–Crippen LogP) is 2.06. The maximum atomic E-state index is 12.8. The molecule has 1 N–H and O–H groups in total. The molecule has 4 nitrogen and oxygen atoms in total. The summed E-state index contributed by atoms with van der Waals surface area (Å²) in [5, 5.41) is 5.17. The molecule has 0 saturated carbocycles. The van der Waals surface area contributed by atoms with Crippen molar-refractivity contribution in [2.75, 3.05) is 20.1 Å². The van der Waals surface area contributed by atoms with E-state index in [9.17, 15) is 4.79 Å². The molecule has 1 aliphatic rings. The van der Waals surface area contributed by atoms with Crippen LogP contribution in [0.2, 0.25) is 0 Å². The smallest absolute Gasteiger partial charge is 0.273 e. The van der Waals surface area contributed by atoms with Crippen LogP contribution < -0.4 is 5.32 Å².